The van der Waals surface area contributed by atoms with Crippen molar-refractivity contribution >= 4 is 17.5 Å². The largest absolute Gasteiger partial charge is 0.507 e. The van der Waals surface area contributed by atoms with Crippen LogP contribution in [-0.2, 0) is 29.3 Å². The standard InChI is InChI=1S/C28H32O12/c1-9-14(29)4-5-18(38-9)40-16-8-15-20-23(28(16,36)11(3)39-15)27(35)22-21(26(20)34)24(32)13-6-12(7-17(30)31)37-10(2)19(13)25(22)33/h9-12,14-16,18,29,34-36H,4-8H2,1-3H3,(H,30,31)/t9-,10-,11?,12+,14-,15?,16?,18-,28?/m0/s1. The van der Waals surface area contributed by atoms with Crippen LogP contribution in [0.5, 0.6) is 11.5 Å². The molecule has 6 aliphatic rings. The van der Waals surface area contributed by atoms with Gasteiger partial charge in [0.1, 0.15) is 17.1 Å². The van der Waals surface area contributed by atoms with Crippen LogP contribution < -0.4 is 0 Å². The third kappa shape index (κ3) is 3.77. The van der Waals surface area contributed by atoms with Crippen LogP contribution in [0.2, 0.25) is 0 Å². The zero-order chi connectivity index (χ0) is 28.8. The molecule has 2 saturated heterocycles. The molecule has 0 aromatic heterocycles. The Morgan fingerprint density at radius 1 is 1.02 bits per heavy atom. The Morgan fingerprint density at radius 3 is 2.40 bits per heavy atom. The number of aliphatic hydroxyl groups excluding tert-OH is 1. The SMILES string of the molecule is CC1OC2CC(O[C@H]3CC[C@H](O)[C@H](C)O3)C1(O)c1c(O)c3c(c(O)c12)C(=O)C1=C(C3=O)[C@H](C)O[C@@H](CC(=O)O)C1. The van der Waals surface area contributed by atoms with Crippen molar-refractivity contribution in [1.29, 1.82) is 0 Å². The van der Waals surface area contributed by atoms with Gasteiger partial charge in [0.25, 0.3) is 0 Å². The lowest BCUT2D eigenvalue weighted by atomic mass is 9.66. The number of aliphatic hydroxyl groups is 2. The van der Waals surface area contributed by atoms with Crippen molar-refractivity contribution in [3.05, 3.63) is 33.4 Å². The summed E-state index contributed by atoms with van der Waals surface area (Å²) >= 11 is 0. The number of aromatic hydroxyl groups is 2. The second kappa shape index (κ2) is 9.33. The number of carboxylic acids is 1. The van der Waals surface area contributed by atoms with E-state index in [0.717, 1.165) is 0 Å². The van der Waals surface area contributed by atoms with Crippen LogP contribution in [0.3, 0.4) is 0 Å². The summed E-state index contributed by atoms with van der Waals surface area (Å²) in [6, 6.07) is 0. The number of hydrogen-bond acceptors (Lipinski definition) is 11. The number of ether oxygens (including phenoxy) is 4. The number of Topliss-reactive ketones (excluding diaryl/α,β-unsaturated/α-hetero) is 2. The first-order valence-electron chi connectivity index (χ1n) is 13.5. The molecule has 2 fully saturated rings. The van der Waals surface area contributed by atoms with Crippen LogP contribution in [0.1, 0.15) is 90.8 Å². The van der Waals surface area contributed by atoms with Crippen molar-refractivity contribution < 1.29 is 58.9 Å². The van der Waals surface area contributed by atoms with Gasteiger partial charge in [-0.25, -0.2) is 0 Å². The third-order valence-corrected chi connectivity index (χ3v) is 8.97. The summed E-state index contributed by atoms with van der Waals surface area (Å²) < 4.78 is 23.6. The van der Waals surface area contributed by atoms with Crippen molar-refractivity contribution in [2.45, 2.75) is 107 Å². The van der Waals surface area contributed by atoms with Crippen molar-refractivity contribution in [2.75, 3.05) is 0 Å². The molecule has 1 aromatic rings. The number of hydrogen-bond donors (Lipinski definition) is 5. The van der Waals surface area contributed by atoms with E-state index in [9.17, 15) is 39.9 Å². The van der Waals surface area contributed by atoms with Gasteiger partial charge in [0, 0.05) is 41.5 Å². The van der Waals surface area contributed by atoms with Crippen LogP contribution >= 0.6 is 0 Å². The fraction of sp³-hybridized carbons (Fsp3) is 0.607. The third-order valence-electron chi connectivity index (χ3n) is 8.97. The number of rotatable bonds is 4. The Hall–Kier alpha value is -2.87. The predicted molar refractivity (Wildman–Crippen MR) is 133 cm³/mol. The topological polar surface area (TPSA) is 189 Å². The Kier molecular flexibility index (Phi) is 6.37. The molecule has 216 valence electrons. The minimum Gasteiger partial charge on any atom is -0.507 e. The monoisotopic (exact) mass is 560 g/mol. The van der Waals surface area contributed by atoms with E-state index in [1.54, 1.807) is 13.8 Å². The lowest BCUT2D eigenvalue weighted by molar-refractivity contribution is -0.311. The molecule has 2 bridgehead atoms. The first kappa shape index (κ1) is 27.3. The molecule has 0 amide bonds. The highest BCUT2D eigenvalue weighted by atomic mass is 16.7. The number of phenolic OH excluding ortho intramolecular Hbond substituents is 2. The van der Waals surface area contributed by atoms with Crippen LogP contribution in [-0.4, -0.2) is 86.0 Å². The van der Waals surface area contributed by atoms with E-state index >= 15 is 0 Å². The minimum absolute atomic E-state index is 0.0115. The van der Waals surface area contributed by atoms with E-state index in [-0.39, 0.29) is 41.5 Å². The average molecular weight is 561 g/mol. The number of carbonyl (C=O) groups excluding carboxylic acids is 2. The molecule has 2 aliphatic carbocycles. The molecule has 40 heavy (non-hydrogen) atoms. The van der Waals surface area contributed by atoms with Gasteiger partial charge in [-0.05, 0) is 27.2 Å². The van der Waals surface area contributed by atoms with Gasteiger partial charge < -0.3 is 44.5 Å². The summed E-state index contributed by atoms with van der Waals surface area (Å²) in [5.41, 5.74) is -2.94. The Labute approximate surface area is 229 Å². The fourth-order valence-corrected chi connectivity index (χ4v) is 7.00. The second-order valence-electron chi connectivity index (χ2n) is 11.4. The lowest BCUT2D eigenvalue weighted by Crippen LogP contribution is -2.60. The molecule has 4 unspecified atom stereocenters. The smallest absolute Gasteiger partial charge is 0.305 e. The summed E-state index contributed by atoms with van der Waals surface area (Å²) in [6.45, 7) is 4.82. The maximum Gasteiger partial charge on any atom is 0.305 e. The maximum absolute atomic E-state index is 13.8. The summed E-state index contributed by atoms with van der Waals surface area (Å²) in [5.74, 6) is -3.78. The van der Waals surface area contributed by atoms with Gasteiger partial charge >= 0.3 is 5.97 Å². The number of carboxylic acid groups (broad SMARTS) is 1. The number of fused-ring (bicyclic) bond motifs is 3. The van der Waals surface area contributed by atoms with E-state index in [4.69, 9.17) is 18.9 Å². The molecule has 7 rings (SSSR count). The van der Waals surface area contributed by atoms with Crippen molar-refractivity contribution in [2.24, 2.45) is 0 Å². The van der Waals surface area contributed by atoms with Gasteiger partial charge in [-0.15, -0.1) is 0 Å². The normalized spacial score (nSPS) is 38.6. The van der Waals surface area contributed by atoms with Gasteiger partial charge in [0.2, 0.25) is 0 Å². The number of carbonyl (C=O) groups is 3. The molecule has 1 aromatic carbocycles. The van der Waals surface area contributed by atoms with Gasteiger partial charge in [-0.2, -0.15) is 0 Å². The number of ketones is 2. The molecule has 12 heteroatoms. The van der Waals surface area contributed by atoms with Crippen molar-refractivity contribution in [3.8, 4) is 11.5 Å². The van der Waals surface area contributed by atoms with Gasteiger partial charge in [-0.3, -0.25) is 14.4 Å². The molecule has 12 nitrogen and oxygen atoms in total. The Morgan fingerprint density at radius 2 is 1.73 bits per heavy atom. The first-order chi connectivity index (χ1) is 18.8. The summed E-state index contributed by atoms with van der Waals surface area (Å²) in [4.78, 5) is 38.8. The van der Waals surface area contributed by atoms with E-state index in [1.165, 1.54) is 6.92 Å². The average Bonchev–Trinajstić information content (AvgIpc) is 2.87. The maximum atomic E-state index is 13.8. The summed E-state index contributed by atoms with van der Waals surface area (Å²) in [5, 5.41) is 54.3. The van der Waals surface area contributed by atoms with Crippen molar-refractivity contribution in [3.63, 3.8) is 0 Å². The molecule has 0 radical (unpaired) electrons. The molecule has 0 saturated carbocycles. The van der Waals surface area contributed by atoms with E-state index in [1.807, 2.05) is 0 Å². The molecular formula is C28H32O12. The van der Waals surface area contributed by atoms with Crippen LogP contribution in [0.25, 0.3) is 0 Å². The molecule has 5 N–H and O–H groups in total. The Balaban J connectivity index is 1.44. The highest BCUT2D eigenvalue weighted by molar-refractivity contribution is 6.29. The van der Waals surface area contributed by atoms with E-state index in [0.29, 0.717) is 12.8 Å². The Bertz CT molecular complexity index is 1350. The van der Waals surface area contributed by atoms with Gasteiger partial charge in [0.05, 0.1) is 60.3 Å². The predicted octanol–water partition coefficient (Wildman–Crippen LogP) is 1.75. The van der Waals surface area contributed by atoms with Gasteiger partial charge in [0.15, 0.2) is 17.9 Å². The second-order valence-corrected chi connectivity index (χ2v) is 11.4. The summed E-state index contributed by atoms with van der Waals surface area (Å²) in [7, 11) is 0. The number of benzene rings is 1. The summed E-state index contributed by atoms with van der Waals surface area (Å²) in [6.07, 6.45) is -6.05. The molecule has 4 aliphatic heterocycles. The number of phenols is 2. The highest BCUT2D eigenvalue weighted by Gasteiger charge is 2.61. The highest BCUT2D eigenvalue weighted by Crippen LogP contribution is 2.60. The first-order valence-corrected chi connectivity index (χ1v) is 13.5. The van der Waals surface area contributed by atoms with Gasteiger partial charge in [-0.1, -0.05) is 0 Å². The minimum atomic E-state index is -2.01. The lowest BCUT2D eigenvalue weighted by Gasteiger charge is -2.54. The quantitative estimate of drug-likeness (QED) is 0.336. The molecule has 9 atom stereocenters. The van der Waals surface area contributed by atoms with E-state index < -0.39 is 94.8 Å². The molecular weight excluding hydrogens is 528 g/mol. The van der Waals surface area contributed by atoms with E-state index in [2.05, 4.69) is 0 Å². The molecule has 4 heterocycles. The zero-order valence-electron chi connectivity index (χ0n) is 22.2. The fourth-order valence-electron chi connectivity index (χ4n) is 7.00. The van der Waals surface area contributed by atoms with Crippen LogP contribution in [0, 0.1) is 0 Å². The zero-order valence-corrected chi connectivity index (χ0v) is 22.2. The molecule has 0 spiro atoms. The van der Waals surface area contributed by atoms with Crippen molar-refractivity contribution in [1.82, 2.24) is 0 Å². The number of aliphatic carboxylic acids is 1. The van der Waals surface area contributed by atoms with Crippen LogP contribution in [0.4, 0.5) is 0 Å². The van der Waals surface area contributed by atoms with Crippen LogP contribution in [0.15, 0.2) is 11.1 Å².